The maximum Gasteiger partial charge on any atom is 0.320 e. The number of hydrogen-bond donors (Lipinski definition) is 0. The molecular formula is C23H29NO4. The molecule has 0 N–H and O–H groups in total. The lowest BCUT2D eigenvalue weighted by molar-refractivity contribution is -0.149. The smallest absolute Gasteiger partial charge is 0.320 e. The summed E-state index contributed by atoms with van der Waals surface area (Å²) in [4.78, 5) is 26.5. The average Bonchev–Trinajstić information content (AvgIpc) is 2.69. The van der Waals surface area contributed by atoms with Crippen LogP contribution in [0.4, 0.5) is 0 Å². The molecule has 0 aliphatic heterocycles. The Morgan fingerprint density at radius 2 is 1.36 bits per heavy atom. The lowest BCUT2D eigenvalue weighted by Crippen LogP contribution is -2.42. The molecule has 0 heterocycles. The van der Waals surface area contributed by atoms with Gasteiger partial charge in [0.15, 0.2) is 0 Å². The first kappa shape index (κ1) is 21.6. The minimum Gasteiger partial charge on any atom is -0.466 e. The Hall–Kier alpha value is -2.66. The third kappa shape index (κ3) is 7.53. The second-order valence-corrected chi connectivity index (χ2v) is 6.55. The van der Waals surface area contributed by atoms with Gasteiger partial charge in [-0.15, -0.1) is 0 Å². The summed E-state index contributed by atoms with van der Waals surface area (Å²) < 4.78 is 10.3. The Bertz CT molecular complexity index is 654. The van der Waals surface area contributed by atoms with Crippen molar-refractivity contribution in [3.8, 4) is 0 Å². The molecule has 0 radical (unpaired) electrons. The summed E-state index contributed by atoms with van der Waals surface area (Å²) in [5.41, 5.74) is 2.19. The molecule has 2 rings (SSSR count). The first-order valence-electron chi connectivity index (χ1n) is 9.75. The summed E-state index contributed by atoms with van der Waals surface area (Å²) in [5, 5.41) is 0. The largest absolute Gasteiger partial charge is 0.466 e. The first-order chi connectivity index (χ1) is 13.6. The van der Waals surface area contributed by atoms with E-state index in [0.29, 0.717) is 26.2 Å². The van der Waals surface area contributed by atoms with Gasteiger partial charge in [-0.05, 0) is 31.4 Å². The van der Waals surface area contributed by atoms with Gasteiger partial charge in [-0.1, -0.05) is 60.7 Å². The van der Waals surface area contributed by atoms with Crippen LogP contribution in [0.2, 0.25) is 0 Å². The number of carbonyl (C=O) groups is 2. The van der Waals surface area contributed by atoms with Gasteiger partial charge < -0.3 is 9.47 Å². The summed E-state index contributed by atoms with van der Waals surface area (Å²) >= 11 is 0. The van der Waals surface area contributed by atoms with E-state index in [9.17, 15) is 9.59 Å². The molecule has 0 amide bonds. The van der Waals surface area contributed by atoms with Crippen LogP contribution >= 0.6 is 0 Å². The van der Waals surface area contributed by atoms with E-state index >= 15 is 0 Å². The minimum atomic E-state index is -0.291. The molecule has 0 saturated carbocycles. The molecule has 150 valence electrons. The molecule has 2 aromatic rings. The molecule has 28 heavy (non-hydrogen) atoms. The van der Waals surface area contributed by atoms with Crippen LogP contribution in [0.15, 0.2) is 60.7 Å². The molecule has 0 bridgehead atoms. The molecule has 0 spiro atoms. The summed E-state index contributed by atoms with van der Waals surface area (Å²) in [7, 11) is 0. The zero-order valence-electron chi connectivity index (χ0n) is 16.7. The van der Waals surface area contributed by atoms with E-state index in [-0.39, 0.29) is 30.9 Å². The molecule has 0 fully saturated rings. The molecule has 0 aromatic heterocycles. The number of hydrogen-bond acceptors (Lipinski definition) is 5. The third-order valence-electron chi connectivity index (χ3n) is 4.40. The number of ether oxygens (including phenoxy) is 2. The highest BCUT2D eigenvalue weighted by atomic mass is 16.5. The van der Waals surface area contributed by atoms with E-state index in [4.69, 9.17) is 9.47 Å². The predicted molar refractivity (Wildman–Crippen MR) is 109 cm³/mol. The average molecular weight is 383 g/mol. The summed E-state index contributed by atoms with van der Waals surface area (Å²) in [6.07, 6.45) is 0.862. The van der Waals surface area contributed by atoms with Gasteiger partial charge >= 0.3 is 11.9 Å². The summed E-state index contributed by atoms with van der Waals surface area (Å²) in [6.45, 7) is 4.94. The fraction of sp³-hybridized carbons (Fsp3) is 0.391. The van der Waals surface area contributed by atoms with Crippen LogP contribution in [-0.2, 0) is 32.0 Å². The van der Waals surface area contributed by atoms with Crippen molar-refractivity contribution in [2.24, 2.45) is 0 Å². The number of esters is 2. The van der Waals surface area contributed by atoms with Crippen molar-refractivity contribution < 1.29 is 19.1 Å². The minimum absolute atomic E-state index is 0.125. The van der Waals surface area contributed by atoms with Crippen LogP contribution in [0.5, 0.6) is 0 Å². The lowest BCUT2D eigenvalue weighted by Gasteiger charge is -2.30. The SMILES string of the molecule is CCOC(=O)CC(Cc1ccccc1)N(CC(=O)OCC)Cc1ccccc1. The Morgan fingerprint density at radius 3 is 1.93 bits per heavy atom. The van der Waals surface area contributed by atoms with E-state index in [0.717, 1.165) is 11.1 Å². The normalized spacial score (nSPS) is 11.8. The van der Waals surface area contributed by atoms with Crippen LogP contribution in [-0.4, -0.2) is 42.6 Å². The molecule has 0 aliphatic rings. The topological polar surface area (TPSA) is 55.8 Å². The number of carbonyl (C=O) groups excluding carboxylic acids is 2. The van der Waals surface area contributed by atoms with Crippen molar-refractivity contribution >= 4 is 11.9 Å². The Kier molecular flexibility index (Phi) is 9.22. The quantitative estimate of drug-likeness (QED) is 0.555. The molecule has 0 saturated heterocycles. The zero-order valence-corrected chi connectivity index (χ0v) is 16.7. The second-order valence-electron chi connectivity index (χ2n) is 6.55. The van der Waals surface area contributed by atoms with Gasteiger partial charge in [-0.25, -0.2) is 0 Å². The van der Waals surface area contributed by atoms with E-state index in [1.54, 1.807) is 13.8 Å². The monoisotopic (exact) mass is 383 g/mol. The van der Waals surface area contributed by atoms with E-state index in [1.807, 2.05) is 65.6 Å². The van der Waals surface area contributed by atoms with Gasteiger partial charge in [0.25, 0.3) is 0 Å². The standard InChI is InChI=1S/C23H29NO4/c1-3-27-22(25)16-21(15-19-11-7-5-8-12-19)24(18-23(26)28-4-2)17-20-13-9-6-10-14-20/h5-14,21H,3-4,15-18H2,1-2H3. The number of nitrogens with zero attached hydrogens (tertiary/aromatic N) is 1. The number of benzene rings is 2. The third-order valence-corrected chi connectivity index (χ3v) is 4.40. The van der Waals surface area contributed by atoms with Gasteiger partial charge in [0.1, 0.15) is 0 Å². The predicted octanol–water partition coefficient (Wildman–Crippen LogP) is 3.62. The Morgan fingerprint density at radius 1 is 0.821 bits per heavy atom. The Balaban J connectivity index is 2.25. The van der Waals surface area contributed by atoms with Crippen molar-refractivity contribution in [2.75, 3.05) is 19.8 Å². The van der Waals surface area contributed by atoms with Gasteiger partial charge in [-0.2, -0.15) is 0 Å². The zero-order chi connectivity index (χ0) is 20.2. The van der Waals surface area contributed by atoms with Crippen molar-refractivity contribution in [3.63, 3.8) is 0 Å². The van der Waals surface area contributed by atoms with Crippen LogP contribution in [0.25, 0.3) is 0 Å². The molecular weight excluding hydrogens is 354 g/mol. The van der Waals surface area contributed by atoms with Gasteiger partial charge in [0, 0.05) is 12.6 Å². The maximum atomic E-state index is 12.2. The molecule has 5 heteroatoms. The van der Waals surface area contributed by atoms with Crippen LogP contribution in [0.3, 0.4) is 0 Å². The van der Waals surface area contributed by atoms with Crippen LogP contribution in [0.1, 0.15) is 31.4 Å². The molecule has 1 unspecified atom stereocenters. The van der Waals surface area contributed by atoms with Crippen molar-refractivity contribution in [2.45, 2.75) is 39.3 Å². The summed E-state index contributed by atoms with van der Waals surface area (Å²) in [6, 6.07) is 19.7. The fourth-order valence-corrected chi connectivity index (χ4v) is 3.13. The Labute approximate surface area is 167 Å². The van der Waals surface area contributed by atoms with E-state index in [2.05, 4.69) is 0 Å². The highest BCUT2D eigenvalue weighted by Crippen LogP contribution is 2.17. The fourth-order valence-electron chi connectivity index (χ4n) is 3.13. The van der Waals surface area contributed by atoms with Gasteiger partial charge in [-0.3, -0.25) is 14.5 Å². The van der Waals surface area contributed by atoms with Crippen molar-refractivity contribution in [1.82, 2.24) is 4.90 Å². The van der Waals surface area contributed by atoms with Crippen molar-refractivity contribution in [1.29, 1.82) is 0 Å². The highest BCUT2D eigenvalue weighted by Gasteiger charge is 2.25. The van der Waals surface area contributed by atoms with Crippen LogP contribution in [0, 0.1) is 0 Å². The van der Waals surface area contributed by atoms with Gasteiger partial charge in [0.05, 0.1) is 26.2 Å². The second kappa shape index (κ2) is 11.9. The van der Waals surface area contributed by atoms with Crippen molar-refractivity contribution in [3.05, 3.63) is 71.8 Å². The maximum absolute atomic E-state index is 12.2. The molecule has 0 aliphatic carbocycles. The summed E-state index contributed by atoms with van der Waals surface area (Å²) in [5.74, 6) is -0.550. The molecule has 2 aromatic carbocycles. The van der Waals surface area contributed by atoms with Gasteiger partial charge in [0.2, 0.25) is 0 Å². The number of rotatable bonds is 11. The van der Waals surface area contributed by atoms with E-state index in [1.165, 1.54) is 0 Å². The van der Waals surface area contributed by atoms with Crippen LogP contribution < -0.4 is 0 Å². The molecule has 1 atom stereocenters. The first-order valence-corrected chi connectivity index (χ1v) is 9.75. The highest BCUT2D eigenvalue weighted by molar-refractivity contribution is 5.72. The molecule has 5 nitrogen and oxygen atoms in total. The lowest BCUT2D eigenvalue weighted by atomic mass is 10.0. The van der Waals surface area contributed by atoms with E-state index < -0.39 is 0 Å².